The third-order valence-electron chi connectivity index (χ3n) is 5.06. The summed E-state index contributed by atoms with van der Waals surface area (Å²) in [7, 11) is -2.13. The van der Waals surface area contributed by atoms with Gasteiger partial charge in [-0.25, -0.2) is 13.2 Å². The number of benzene rings is 2. The van der Waals surface area contributed by atoms with Gasteiger partial charge in [0.1, 0.15) is 5.75 Å². The Bertz CT molecular complexity index is 1050. The maximum atomic E-state index is 12.9. The number of anilines is 1. The number of esters is 1. The summed E-state index contributed by atoms with van der Waals surface area (Å²) in [5.74, 6) is -0.0155. The molecule has 1 saturated heterocycles. The lowest BCUT2D eigenvalue weighted by Crippen LogP contribution is -2.50. The zero-order valence-electron chi connectivity index (χ0n) is 18.1. The lowest BCUT2D eigenvalue weighted by molar-refractivity contribution is -0.117. The lowest BCUT2D eigenvalue weighted by Gasteiger charge is -2.33. The molecule has 1 aliphatic rings. The molecule has 0 atom stereocenters. The number of ether oxygens (including phenoxy) is 2. The van der Waals surface area contributed by atoms with Gasteiger partial charge in [-0.1, -0.05) is 6.07 Å². The minimum absolute atomic E-state index is 0.120. The second-order valence-electron chi connectivity index (χ2n) is 7.21. The van der Waals surface area contributed by atoms with Crippen LogP contribution in [-0.4, -0.2) is 75.9 Å². The number of hydrogen-bond donors (Lipinski definition) is 1. The molecule has 1 N–H and O–H groups in total. The van der Waals surface area contributed by atoms with Crippen LogP contribution in [0.4, 0.5) is 5.69 Å². The van der Waals surface area contributed by atoms with E-state index in [2.05, 4.69) is 5.32 Å². The minimum atomic E-state index is -3.68. The van der Waals surface area contributed by atoms with Gasteiger partial charge < -0.3 is 14.8 Å². The van der Waals surface area contributed by atoms with Crippen molar-refractivity contribution in [2.24, 2.45) is 0 Å². The van der Waals surface area contributed by atoms with Gasteiger partial charge in [0, 0.05) is 37.9 Å². The summed E-state index contributed by atoms with van der Waals surface area (Å²) in [6.45, 7) is 3.54. The molecule has 3 rings (SSSR count). The fourth-order valence-corrected chi connectivity index (χ4v) is 4.78. The van der Waals surface area contributed by atoms with Crippen molar-refractivity contribution in [1.29, 1.82) is 0 Å². The monoisotopic (exact) mass is 461 g/mol. The second-order valence-corrected chi connectivity index (χ2v) is 9.14. The predicted octanol–water partition coefficient (Wildman–Crippen LogP) is 1.82. The molecule has 2 aromatic rings. The normalized spacial score (nSPS) is 15.2. The summed E-state index contributed by atoms with van der Waals surface area (Å²) >= 11 is 0. The van der Waals surface area contributed by atoms with Crippen molar-refractivity contribution in [3.63, 3.8) is 0 Å². The first-order valence-corrected chi connectivity index (χ1v) is 11.7. The van der Waals surface area contributed by atoms with E-state index in [1.807, 2.05) is 4.90 Å². The third-order valence-corrected chi connectivity index (χ3v) is 6.97. The van der Waals surface area contributed by atoms with E-state index >= 15 is 0 Å². The Morgan fingerprint density at radius 3 is 2.34 bits per heavy atom. The van der Waals surface area contributed by atoms with Gasteiger partial charge in [0.2, 0.25) is 15.9 Å². The number of nitrogens with one attached hydrogen (secondary N) is 1. The van der Waals surface area contributed by atoms with E-state index in [-0.39, 0.29) is 37.0 Å². The van der Waals surface area contributed by atoms with Gasteiger partial charge in [-0.3, -0.25) is 9.69 Å². The standard InChI is InChI=1S/C22H27N3O6S/c1-3-31-22(27)17-7-9-20(10-8-17)32(28,29)25-13-11-24(12-14-25)16-21(26)23-18-5-4-6-19(15-18)30-2/h4-10,15H,3,11-14,16H2,1-2H3,(H,23,26). The van der Waals surface area contributed by atoms with Gasteiger partial charge in [-0.15, -0.1) is 0 Å². The molecule has 0 aromatic heterocycles. The number of carbonyl (C=O) groups excluding carboxylic acids is 2. The van der Waals surface area contributed by atoms with E-state index < -0.39 is 16.0 Å². The quantitative estimate of drug-likeness (QED) is 0.598. The molecule has 9 nitrogen and oxygen atoms in total. The summed E-state index contributed by atoms with van der Waals surface area (Å²) in [4.78, 5) is 26.1. The third kappa shape index (κ3) is 5.84. The molecule has 0 spiro atoms. The molecular weight excluding hydrogens is 434 g/mol. The van der Waals surface area contributed by atoms with Crippen molar-refractivity contribution < 1.29 is 27.5 Å². The lowest BCUT2D eigenvalue weighted by atomic mass is 10.2. The van der Waals surface area contributed by atoms with Gasteiger partial charge in [-0.2, -0.15) is 4.31 Å². The molecule has 1 fully saturated rings. The number of piperazine rings is 1. The Morgan fingerprint density at radius 2 is 1.72 bits per heavy atom. The molecule has 0 unspecified atom stereocenters. The summed E-state index contributed by atoms with van der Waals surface area (Å²) in [5.41, 5.74) is 0.944. The fourth-order valence-electron chi connectivity index (χ4n) is 3.36. The molecule has 1 heterocycles. The highest BCUT2D eigenvalue weighted by Crippen LogP contribution is 2.19. The van der Waals surface area contributed by atoms with E-state index in [9.17, 15) is 18.0 Å². The zero-order chi connectivity index (χ0) is 23.1. The van der Waals surface area contributed by atoms with E-state index in [0.29, 0.717) is 30.1 Å². The SMILES string of the molecule is CCOC(=O)c1ccc(S(=O)(=O)N2CCN(CC(=O)Nc3cccc(OC)c3)CC2)cc1. The smallest absolute Gasteiger partial charge is 0.338 e. The Morgan fingerprint density at radius 1 is 1.03 bits per heavy atom. The Kier molecular flexibility index (Phi) is 7.84. The van der Waals surface area contributed by atoms with E-state index in [4.69, 9.17) is 9.47 Å². The van der Waals surface area contributed by atoms with Crippen LogP contribution in [0.2, 0.25) is 0 Å². The Labute approximate surface area is 188 Å². The van der Waals surface area contributed by atoms with Crippen LogP contribution in [-0.2, 0) is 19.6 Å². The molecule has 2 aromatic carbocycles. The van der Waals surface area contributed by atoms with Crippen molar-refractivity contribution >= 4 is 27.6 Å². The largest absolute Gasteiger partial charge is 0.497 e. The highest BCUT2D eigenvalue weighted by atomic mass is 32.2. The minimum Gasteiger partial charge on any atom is -0.497 e. The van der Waals surface area contributed by atoms with Crippen molar-refractivity contribution in [2.45, 2.75) is 11.8 Å². The van der Waals surface area contributed by atoms with Crippen LogP contribution in [0.3, 0.4) is 0 Å². The highest BCUT2D eigenvalue weighted by molar-refractivity contribution is 7.89. The van der Waals surface area contributed by atoms with Crippen LogP contribution in [0.1, 0.15) is 17.3 Å². The maximum absolute atomic E-state index is 12.9. The first kappa shape index (κ1) is 23.7. The van der Waals surface area contributed by atoms with Crippen LogP contribution in [0.25, 0.3) is 0 Å². The molecule has 0 aliphatic carbocycles. The fraction of sp³-hybridized carbons (Fsp3) is 0.364. The first-order chi connectivity index (χ1) is 15.3. The summed E-state index contributed by atoms with van der Waals surface area (Å²) in [6.07, 6.45) is 0. The number of amides is 1. The molecule has 172 valence electrons. The molecule has 1 aliphatic heterocycles. The van der Waals surface area contributed by atoms with Crippen LogP contribution >= 0.6 is 0 Å². The molecule has 1 amide bonds. The van der Waals surface area contributed by atoms with Crippen molar-refractivity contribution in [2.75, 3.05) is 51.8 Å². The van der Waals surface area contributed by atoms with Crippen molar-refractivity contribution in [1.82, 2.24) is 9.21 Å². The number of carbonyl (C=O) groups is 2. The highest BCUT2D eigenvalue weighted by Gasteiger charge is 2.29. The molecule has 0 saturated carbocycles. The van der Waals surface area contributed by atoms with Gasteiger partial charge in [0.05, 0.1) is 30.7 Å². The van der Waals surface area contributed by atoms with Crippen molar-refractivity contribution in [3.8, 4) is 5.75 Å². The summed E-state index contributed by atoms with van der Waals surface area (Å²) < 4.78 is 37.3. The van der Waals surface area contributed by atoms with Gasteiger partial charge >= 0.3 is 5.97 Å². The number of rotatable bonds is 8. The summed E-state index contributed by atoms with van der Waals surface area (Å²) in [5, 5.41) is 2.82. The number of sulfonamides is 1. The van der Waals surface area contributed by atoms with Gasteiger partial charge in [0.25, 0.3) is 0 Å². The van der Waals surface area contributed by atoms with Crippen LogP contribution in [0.15, 0.2) is 53.4 Å². The molecular formula is C22H27N3O6S. The van der Waals surface area contributed by atoms with E-state index in [1.165, 1.54) is 28.6 Å². The van der Waals surface area contributed by atoms with Crippen molar-refractivity contribution in [3.05, 3.63) is 54.1 Å². The molecule has 10 heteroatoms. The van der Waals surface area contributed by atoms with Crippen LogP contribution < -0.4 is 10.1 Å². The molecule has 0 bridgehead atoms. The number of nitrogens with zero attached hydrogens (tertiary/aromatic N) is 2. The second kappa shape index (κ2) is 10.6. The predicted molar refractivity (Wildman–Crippen MR) is 119 cm³/mol. The zero-order valence-corrected chi connectivity index (χ0v) is 18.9. The van der Waals surface area contributed by atoms with Crippen LogP contribution in [0, 0.1) is 0 Å². The van der Waals surface area contributed by atoms with Crippen LogP contribution in [0.5, 0.6) is 5.75 Å². The Balaban J connectivity index is 1.54. The topological polar surface area (TPSA) is 105 Å². The van der Waals surface area contributed by atoms with Gasteiger partial charge in [-0.05, 0) is 43.3 Å². The van der Waals surface area contributed by atoms with E-state index in [1.54, 1.807) is 38.3 Å². The summed E-state index contributed by atoms with van der Waals surface area (Å²) in [6, 6.07) is 12.8. The average molecular weight is 462 g/mol. The molecule has 32 heavy (non-hydrogen) atoms. The van der Waals surface area contributed by atoms with Gasteiger partial charge in [0.15, 0.2) is 0 Å². The number of hydrogen-bond acceptors (Lipinski definition) is 7. The first-order valence-electron chi connectivity index (χ1n) is 10.3. The Hall–Kier alpha value is -2.95. The average Bonchev–Trinajstić information content (AvgIpc) is 2.79. The van der Waals surface area contributed by atoms with E-state index in [0.717, 1.165) is 0 Å². The maximum Gasteiger partial charge on any atom is 0.338 e. The molecule has 0 radical (unpaired) electrons. The number of methoxy groups -OCH3 is 1.